The number of likely N-dealkylation sites (tertiary alicyclic amines) is 1. The first-order valence-electron chi connectivity index (χ1n) is 6.76. The molecule has 0 saturated carbocycles. The maximum absolute atomic E-state index is 9.61. The molecule has 2 rings (SSSR count). The van der Waals surface area contributed by atoms with E-state index in [0.29, 0.717) is 17.7 Å². The van der Waals surface area contributed by atoms with Crippen LogP contribution in [-0.2, 0) is 6.54 Å². The summed E-state index contributed by atoms with van der Waals surface area (Å²) in [5.41, 5.74) is 1.18. The Morgan fingerprint density at radius 1 is 1.37 bits per heavy atom. The van der Waals surface area contributed by atoms with Crippen molar-refractivity contribution < 1.29 is 9.84 Å². The van der Waals surface area contributed by atoms with Crippen LogP contribution in [0.1, 0.15) is 12.5 Å². The summed E-state index contributed by atoms with van der Waals surface area (Å²) in [7, 11) is 5.88. The monoisotopic (exact) mass is 264 g/mol. The molecule has 0 amide bonds. The van der Waals surface area contributed by atoms with E-state index < -0.39 is 0 Å². The highest BCUT2D eigenvalue weighted by molar-refractivity contribution is 5.41. The highest BCUT2D eigenvalue weighted by Gasteiger charge is 2.30. The molecule has 1 heterocycles. The molecule has 0 radical (unpaired) electrons. The Morgan fingerprint density at radius 2 is 2.11 bits per heavy atom. The van der Waals surface area contributed by atoms with Crippen molar-refractivity contribution in [2.24, 2.45) is 5.92 Å². The zero-order valence-electron chi connectivity index (χ0n) is 12.3. The lowest BCUT2D eigenvalue weighted by Crippen LogP contribution is -2.34. The molecule has 1 aliphatic heterocycles. The summed E-state index contributed by atoms with van der Waals surface area (Å²) < 4.78 is 5.15. The summed E-state index contributed by atoms with van der Waals surface area (Å²) in [6.45, 7) is 5.43. The minimum absolute atomic E-state index is 0.201. The van der Waals surface area contributed by atoms with Crippen LogP contribution in [-0.4, -0.2) is 55.2 Å². The summed E-state index contributed by atoms with van der Waals surface area (Å²) in [4.78, 5) is 4.77. The lowest BCUT2D eigenvalue weighted by Gasteiger charge is -2.22. The number of nitrogens with zero attached hydrogens (tertiary/aromatic N) is 2. The number of likely N-dealkylation sites (N-methyl/N-ethyl adjacent to an activating group) is 1. The third kappa shape index (κ3) is 3.19. The smallest absolute Gasteiger partial charge is 0.160 e. The van der Waals surface area contributed by atoms with Gasteiger partial charge in [0.1, 0.15) is 0 Å². The summed E-state index contributed by atoms with van der Waals surface area (Å²) >= 11 is 0. The van der Waals surface area contributed by atoms with Crippen molar-refractivity contribution in [3.63, 3.8) is 0 Å². The van der Waals surface area contributed by atoms with E-state index in [-0.39, 0.29) is 5.75 Å². The first-order valence-corrected chi connectivity index (χ1v) is 6.76. The Kier molecular flexibility index (Phi) is 4.32. The number of rotatable bonds is 4. The summed E-state index contributed by atoms with van der Waals surface area (Å²) in [5, 5.41) is 9.61. The average Bonchev–Trinajstić information content (AvgIpc) is 2.73. The van der Waals surface area contributed by atoms with Crippen molar-refractivity contribution >= 4 is 0 Å². The molecular formula is C15H24N2O2. The van der Waals surface area contributed by atoms with Gasteiger partial charge in [-0.3, -0.25) is 4.90 Å². The second-order valence-electron chi connectivity index (χ2n) is 5.71. The molecule has 1 saturated heterocycles. The molecule has 4 nitrogen and oxygen atoms in total. The van der Waals surface area contributed by atoms with Gasteiger partial charge in [0, 0.05) is 25.7 Å². The van der Waals surface area contributed by atoms with Crippen LogP contribution >= 0.6 is 0 Å². The number of phenolic OH excluding ortho intramolecular Hbond substituents is 1. The molecule has 1 aliphatic rings. The third-order valence-corrected chi connectivity index (χ3v) is 3.96. The first kappa shape index (κ1) is 14.2. The van der Waals surface area contributed by atoms with E-state index in [1.54, 1.807) is 13.2 Å². The Balaban J connectivity index is 2.02. The van der Waals surface area contributed by atoms with E-state index in [0.717, 1.165) is 19.6 Å². The second kappa shape index (κ2) is 5.80. The predicted octanol–water partition coefficient (Wildman–Crippen LogP) is 1.78. The molecule has 4 heteroatoms. The van der Waals surface area contributed by atoms with Crippen LogP contribution in [0.15, 0.2) is 18.2 Å². The SMILES string of the molecule is COc1cc(CN2CC(C)C(N(C)C)C2)ccc1O. The highest BCUT2D eigenvalue weighted by atomic mass is 16.5. The summed E-state index contributed by atoms with van der Waals surface area (Å²) in [6.07, 6.45) is 0. The number of methoxy groups -OCH3 is 1. The number of hydrogen-bond acceptors (Lipinski definition) is 4. The zero-order valence-corrected chi connectivity index (χ0v) is 12.3. The van der Waals surface area contributed by atoms with Gasteiger partial charge in [-0.05, 0) is 37.7 Å². The van der Waals surface area contributed by atoms with Crippen molar-refractivity contribution in [1.82, 2.24) is 9.80 Å². The number of phenols is 1. The summed E-state index contributed by atoms with van der Waals surface area (Å²) in [6, 6.07) is 6.21. The fourth-order valence-electron chi connectivity index (χ4n) is 2.93. The van der Waals surface area contributed by atoms with Crippen molar-refractivity contribution in [1.29, 1.82) is 0 Å². The van der Waals surface area contributed by atoms with Gasteiger partial charge >= 0.3 is 0 Å². The third-order valence-electron chi connectivity index (χ3n) is 3.96. The van der Waals surface area contributed by atoms with Gasteiger partial charge in [0.05, 0.1) is 7.11 Å². The second-order valence-corrected chi connectivity index (χ2v) is 5.71. The van der Waals surface area contributed by atoms with Gasteiger partial charge in [-0.25, -0.2) is 0 Å². The van der Waals surface area contributed by atoms with Gasteiger partial charge in [-0.2, -0.15) is 0 Å². The molecular weight excluding hydrogens is 240 g/mol. The number of ether oxygens (including phenoxy) is 1. The van der Waals surface area contributed by atoms with E-state index in [1.165, 1.54) is 5.56 Å². The van der Waals surface area contributed by atoms with E-state index in [2.05, 4.69) is 30.8 Å². The number of aromatic hydroxyl groups is 1. The van der Waals surface area contributed by atoms with Crippen LogP contribution in [0.25, 0.3) is 0 Å². The molecule has 2 atom stereocenters. The maximum atomic E-state index is 9.61. The Morgan fingerprint density at radius 3 is 2.68 bits per heavy atom. The highest BCUT2D eigenvalue weighted by Crippen LogP contribution is 2.28. The number of benzene rings is 1. The fraction of sp³-hybridized carbons (Fsp3) is 0.600. The van der Waals surface area contributed by atoms with Crippen LogP contribution in [0.3, 0.4) is 0 Å². The largest absolute Gasteiger partial charge is 0.504 e. The van der Waals surface area contributed by atoms with Crippen molar-refractivity contribution in [3.05, 3.63) is 23.8 Å². The molecule has 0 aromatic heterocycles. The molecule has 106 valence electrons. The lowest BCUT2D eigenvalue weighted by molar-refractivity contribution is 0.250. The predicted molar refractivity (Wildman–Crippen MR) is 76.6 cm³/mol. The Labute approximate surface area is 115 Å². The van der Waals surface area contributed by atoms with Crippen molar-refractivity contribution in [2.45, 2.75) is 19.5 Å². The normalized spacial score (nSPS) is 24.1. The molecule has 0 spiro atoms. The first-order chi connectivity index (χ1) is 9.01. The van der Waals surface area contributed by atoms with Crippen molar-refractivity contribution in [2.75, 3.05) is 34.3 Å². The van der Waals surface area contributed by atoms with Gasteiger partial charge in [0.25, 0.3) is 0 Å². The standard InChI is InChI=1S/C15H24N2O2/c1-11-8-17(10-13(11)16(2)3)9-12-5-6-14(18)15(7-12)19-4/h5-7,11,13,18H,8-10H2,1-4H3. The molecule has 1 fully saturated rings. The molecule has 0 bridgehead atoms. The quantitative estimate of drug-likeness (QED) is 0.899. The van der Waals surface area contributed by atoms with Crippen LogP contribution in [0.5, 0.6) is 11.5 Å². The van der Waals surface area contributed by atoms with Gasteiger partial charge in [-0.15, -0.1) is 0 Å². The van der Waals surface area contributed by atoms with Gasteiger partial charge in [0.15, 0.2) is 11.5 Å². The van der Waals surface area contributed by atoms with E-state index in [1.807, 2.05) is 12.1 Å². The fourth-order valence-corrected chi connectivity index (χ4v) is 2.93. The van der Waals surface area contributed by atoms with Gasteiger partial charge in [-0.1, -0.05) is 13.0 Å². The van der Waals surface area contributed by atoms with Crippen molar-refractivity contribution in [3.8, 4) is 11.5 Å². The zero-order chi connectivity index (χ0) is 14.0. The van der Waals surface area contributed by atoms with E-state index in [4.69, 9.17) is 4.74 Å². The van der Waals surface area contributed by atoms with Gasteiger partial charge in [0.2, 0.25) is 0 Å². The van der Waals surface area contributed by atoms with E-state index in [9.17, 15) is 5.11 Å². The minimum Gasteiger partial charge on any atom is -0.504 e. The average molecular weight is 264 g/mol. The van der Waals surface area contributed by atoms with Crippen LogP contribution in [0, 0.1) is 5.92 Å². The molecule has 1 aromatic carbocycles. The summed E-state index contributed by atoms with van der Waals surface area (Å²) in [5.74, 6) is 1.44. The van der Waals surface area contributed by atoms with Crippen LogP contribution in [0.2, 0.25) is 0 Å². The molecule has 19 heavy (non-hydrogen) atoms. The maximum Gasteiger partial charge on any atom is 0.160 e. The molecule has 2 unspecified atom stereocenters. The van der Waals surface area contributed by atoms with Crippen LogP contribution < -0.4 is 4.74 Å². The van der Waals surface area contributed by atoms with Gasteiger partial charge < -0.3 is 14.7 Å². The minimum atomic E-state index is 0.201. The Bertz CT molecular complexity index is 434. The Hall–Kier alpha value is -1.26. The molecule has 1 aromatic rings. The topological polar surface area (TPSA) is 35.9 Å². The van der Waals surface area contributed by atoms with Crippen LogP contribution in [0.4, 0.5) is 0 Å². The van der Waals surface area contributed by atoms with E-state index >= 15 is 0 Å². The lowest BCUT2D eigenvalue weighted by atomic mass is 10.1. The number of hydrogen-bond donors (Lipinski definition) is 1. The molecule has 0 aliphatic carbocycles. The molecule has 1 N–H and O–H groups in total.